The number of rotatable bonds is 10. The highest BCUT2D eigenvalue weighted by molar-refractivity contribution is 7.99. The Hall–Kier alpha value is -2.82. The van der Waals surface area contributed by atoms with E-state index in [9.17, 15) is 9.59 Å². The molecule has 3 aromatic rings. The van der Waals surface area contributed by atoms with Crippen LogP contribution in [0, 0.1) is 0 Å². The van der Waals surface area contributed by atoms with Crippen LogP contribution in [0.25, 0.3) is 0 Å². The first-order valence-electron chi connectivity index (χ1n) is 10.4. The molecule has 0 saturated heterocycles. The fraction of sp³-hybridized carbons (Fsp3) is 0.318. The Bertz CT molecular complexity index is 1120. The average Bonchev–Trinajstić information content (AvgIpc) is 3.25. The van der Waals surface area contributed by atoms with Gasteiger partial charge in [0.1, 0.15) is 13.2 Å². The summed E-state index contributed by atoms with van der Waals surface area (Å²) in [4.78, 5) is 28.4. The lowest BCUT2D eigenvalue weighted by molar-refractivity contribution is -0.122. The standard InChI is InChI=1S/C22H24Cl2N6O3S/c1-4-18(25-22(32)33-13-14-8-6-5-7-9-14)19(31)12-30-27-21(26-28-30)34-20-16(23)10-15(29(2)3)11-17(20)24/h5-11,18H,4,12-13H2,1-3H3,(H,25,32). The number of carbonyl (C=O) groups is 2. The quantitative estimate of drug-likeness (QED) is 0.415. The van der Waals surface area contributed by atoms with Crippen molar-refractivity contribution in [2.75, 3.05) is 19.0 Å². The number of carbonyl (C=O) groups excluding carboxylic acids is 2. The van der Waals surface area contributed by atoms with E-state index in [0.29, 0.717) is 21.4 Å². The van der Waals surface area contributed by atoms with Gasteiger partial charge in [-0.3, -0.25) is 4.79 Å². The van der Waals surface area contributed by atoms with Crippen LogP contribution in [0.5, 0.6) is 0 Å². The van der Waals surface area contributed by atoms with Crippen LogP contribution in [0.4, 0.5) is 10.5 Å². The second-order valence-corrected chi connectivity index (χ2v) is 9.26. The lowest BCUT2D eigenvalue weighted by Crippen LogP contribution is -2.42. The third-order valence-electron chi connectivity index (χ3n) is 4.73. The number of aromatic nitrogens is 4. The van der Waals surface area contributed by atoms with Crippen molar-refractivity contribution >= 4 is 52.5 Å². The van der Waals surface area contributed by atoms with Crippen LogP contribution in [0.1, 0.15) is 18.9 Å². The Morgan fingerprint density at radius 2 is 1.85 bits per heavy atom. The van der Waals surface area contributed by atoms with Crippen LogP contribution in [-0.4, -0.2) is 52.2 Å². The third-order valence-corrected chi connectivity index (χ3v) is 6.54. The molecule has 180 valence electrons. The number of hydrogen-bond donors (Lipinski definition) is 1. The molecule has 34 heavy (non-hydrogen) atoms. The molecule has 12 heteroatoms. The molecular weight excluding hydrogens is 499 g/mol. The average molecular weight is 523 g/mol. The first-order chi connectivity index (χ1) is 16.3. The van der Waals surface area contributed by atoms with Crippen molar-refractivity contribution in [3.63, 3.8) is 0 Å². The Morgan fingerprint density at radius 3 is 2.47 bits per heavy atom. The predicted octanol–water partition coefficient (Wildman–Crippen LogP) is 4.47. The van der Waals surface area contributed by atoms with Gasteiger partial charge >= 0.3 is 6.09 Å². The van der Waals surface area contributed by atoms with Gasteiger partial charge in [-0.2, -0.15) is 4.80 Å². The topological polar surface area (TPSA) is 102 Å². The predicted molar refractivity (Wildman–Crippen MR) is 132 cm³/mol. The molecule has 0 spiro atoms. The largest absolute Gasteiger partial charge is 0.445 e. The molecule has 1 atom stereocenters. The van der Waals surface area contributed by atoms with Crippen LogP contribution in [0.3, 0.4) is 0 Å². The van der Waals surface area contributed by atoms with Crippen LogP contribution in [-0.2, 0) is 22.7 Å². The highest BCUT2D eigenvalue weighted by atomic mass is 35.5. The molecule has 9 nitrogen and oxygen atoms in total. The molecule has 0 aliphatic rings. The number of amides is 1. The van der Waals surface area contributed by atoms with Gasteiger partial charge in [-0.15, -0.1) is 10.2 Å². The molecular formula is C22H24Cl2N6O3S. The Morgan fingerprint density at radius 1 is 1.18 bits per heavy atom. The summed E-state index contributed by atoms with van der Waals surface area (Å²) >= 11 is 13.9. The summed E-state index contributed by atoms with van der Waals surface area (Å²) in [6, 6.07) is 12.1. The van der Waals surface area contributed by atoms with E-state index in [4.69, 9.17) is 27.9 Å². The van der Waals surface area contributed by atoms with Gasteiger partial charge < -0.3 is 15.0 Å². The van der Waals surface area contributed by atoms with Crippen molar-refractivity contribution in [1.29, 1.82) is 0 Å². The van der Waals surface area contributed by atoms with E-state index >= 15 is 0 Å². The van der Waals surface area contributed by atoms with Crippen molar-refractivity contribution in [2.24, 2.45) is 0 Å². The monoisotopic (exact) mass is 522 g/mol. The van der Waals surface area contributed by atoms with Crippen LogP contribution in [0.2, 0.25) is 10.0 Å². The fourth-order valence-corrected chi connectivity index (χ4v) is 4.31. The first kappa shape index (κ1) is 25.8. The molecule has 0 aliphatic heterocycles. The lowest BCUT2D eigenvalue weighted by atomic mass is 10.1. The van der Waals surface area contributed by atoms with E-state index in [2.05, 4.69) is 20.7 Å². The van der Waals surface area contributed by atoms with Crippen LogP contribution >= 0.6 is 35.0 Å². The zero-order valence-electron chi connectivity index (χ0n) is 18.9. The number of anilines is 1. The summed E-state index contributed by atoms with van der Waals surface area (Å²) in [6.07, 6.45) is -0.281. The molecule has 0 radical (unpaired) electrons. The van der Waals surface area contributed by atoms with E-state index in [1.54, 1.807) is 19.1 Å². The summed E-state index contributed by atoms with van der Waals surface area (Å²) in [5.74, 6) is -0.278. The molecule has 1 aromatic heterocycles. The number of benzene rings is 2. The highest BCUT2D eigenvalue weighted by Crippen LogP contribution is 2.39. The van der Waals surface area contributed by atoms with Crippen LogP contribution in [0.15, 0.2) is 52.5 Å². The van der Waals surface area contributed by atoms with Gasteiger partial charge in [-0.25, -0.2) is 4.79 Å². The molecule has 2 aromatic carbocycles. The number of nitrogens with one attached hydrogen (secondary N) is 1. The molecule has 0 saturated carbocycles. The van der Waals surface area contributed by atoms with Crippen molar-refractivity contribution in [1.82, 2.24) is 25.5 Å². The minimum atomic E-state index is -0.743. The molecule has 0 bridgehead atoms. The smallest absolute Gasteiger partial charge is 0.408 e. The second-order valence-electron chi connectivity index (χ2n) is 7.47. The second kappa shape index (κ2) is 12.0. The van der Waals surface area contributed by atoms with Crippen molar-refractivity contribution in [2.45, 2.75) is 42.6 Å². The highest BCUT2D eigenvalue weighted by Gasteiger charge is 2.22. The van der Waals surface area contributed by atoms with Gasteiger partial charge in [0.2, 0.25) is 5.16 Å². The molecule has 1 N–H and O–H groups in total. The number of halogens is 2. The maximum Gasteiger partial charge on any atom is 0.408 e. The normalized spacial score (nSPS) is 11.7. The summed E-state index contributed by atoms with van der Waals surface area (Å²) in [5, 5.41) is 15.9. The zero-order chi connectivity index (χ0) is 24.7. The summed E-state index contributed by atoms with van der Waals surface area (Å²) in [5.41, 5.74) is 1.72. The number of nitrogens with zero attached hydrogens (tertiary/aromatic N) is 5. The van der Waals surface area contributed by atoms with Gasteiger partial charge in [0, 0.05) is 19.8 Å². The van der Waals surface area contributed by atoms with Crippen molar-refractivity contribution in [3.05, 3.63) is 58.1 Å². The third kappa shape index (κ3) is 7.09. The van der Waals surface area contributed by atoms with Crippen molar-refractivity contribution in [3.8, 4) is 0 Å². The lowest BCUT2D eigenvalue weighted by Gasteiger charge is -2.15. The zero-order valence-corrected chi connectivity index (χ0v) is 21.2. The summed E-state index contributed by atoms with van der Waals surface area (Å²) < 4.78 is 5.19. The van der Waals surface area contributed by atoms with E-state index in [0.717, 1.165) is 23.0 Å². The maximum atomic E-state index is 12.7. The maximum absolute atomic E-state index is 12.7. The fourth-order valence-electron chi connectivity index (χ4n) is 2.90. The van der Waals surface area contributed by atoms with Gasteiger partial charge in [-0.05, 0) is 41.1 Å². The first-order valence-corrected chi connectivity index (χ1v) is 12.0. The minimum absolute atomic E-state index is 0.114. The number of ether oxygens (including phenoxy) is 1. The van der Waals surface area contributed by atoms with E-state index in [-0.39, 0.29) is 24.1 Å². The molecule has 3 rings (SSSR count). The molecule has 1 heterocycles. The van der Waals surface area contributed by atoms with Gasteiger partial charge in [0.15, 0.2) is 5.78 Å². The van der Waals surface area contributed by atoms with Crippen LogP contribution < -0.4 is 10.2 Å². The Kier molecular flexibility index (Phi) is 9.14. The molecule has 0 fully saturated rings. The molecule has 0 aliphatic carbocycles. The Labute approximate surface area is 211 Å². The molecule has 1 unspecified atom stereocenters. The summed E-state index contributed by atoms with van der Waals surface area (Å²) in [6.45, 7) is 1.74. The van der Waals surface area contributed by atoms with Gasteiger partial charge in [0.25, 0.3) is 0 Å². The number of hydrogen-bond acceptors (Lipinski definition) is 8. The Balaban J connectivity index is 1.57. The number of ketones is 1. The summed E-state index contributed by atoms with van der Waals surface area (Å²) in [7, 11) is 3.78. The van der Waals surface area contributed by atoms with Gasteiger partial charge in [-0.1, -0.05) is 60.5 Å². The number of tetrazole rings is 1. The van der Waals surface area contributed by atoms with E-state index < -0.39 is 12.1 Å². The molecule has 1 amide bonds. The van der Waals surface area contributed by atoms with E-state index in [1.807, 2.05) is 49.3 Å². The number of Topliss-reactive ketones (excluding diaryl/α,β-unsaturated/α-hetero) is 1. The van der Waals surface area contributed by atoms with Gasteiger partial charge in [0.05, 0.1) is 21.0 Å². The number of alkyl carbamates (subject to hydrolysis) is 1. The SMILES string of the molecule is CCC(NC(=O)OCc1ccccc1)C(=O)Cn1nnc(Sc2c(Cl)cc(N(C)C)cc2Cl)n1. The van der Waals surface area contributed by atoms with Crippen molar-refractivity contribution < 1.29 is 14.3 Å². The van der Waals surface area contributed by atoms with E-state index in [1.165, 1.54) is 4.80 Å². The minimum Gasteiger partial charge on any atom is -0.445 e.